The Labute approximate surface area is 124 Å². The maximum Gasteiger partial charge on any atom is 0.207 e. The molecule has 20 heavy (non-hydrogen) atoms. The predicted molar refractivity (Wildman–Crippen MR) is 82.3 cm³/mol. The molecular formula is C14H13BrN4O. The van der Waals surface area contributed by atoms with E-state index in [-0.39, 0.29) is 0 Å². The second-order valence-corrected chi connectivity index (χ2v) is 5.27. The van der Waals surface area contributed by atoms with E-state index in [0.29, 0.717) is 5.95 Å². The van der Waals surface area contributed by atoms with Gasteiger partial charge in [0.25, 0.3) is 0 Å². The quantitative estimate of drug-likeness (QED) is 0.783. The first-order valence-electron chi connectivity index (χ1n) is 6.05. The first-order chi connectivity index (χ1) is 9.60. The standard InChI is InChI=1S/C14H13BrN4O/c1-8-3-6-11-13(17-8)19(14(16)18-11)12-7-9(20-2)4-5-10(12)15/h3-7H,1-2H3,(H2,16,18). The van der Waals surface area contributed by atoms with Crippen molar-refractivity contribution in [3.8, 4) is 11.4 Å². The normalized spacial score (nSPS) is 10.9. The van der Waals surface area contributed by atoms with Crippen molar-refractivity contribution < 1.29 is 4.74 Å². The van der Waals surface area contributed by atoms with Crippen molar-refractivity contribution in [3.05, 3.63) is 40.5 Å². The van der Waals surface area contributed by atoms with Crippen molar-refractivity contribution in [1.82, 2.24) is 14.5 Å². The van der Waals surface area contributed by atoms with Crippen molar-refractivity contribution in [1.29, 1.82) is 0 Å². The number of hydrogen-bond donors (Lipinski definition) is 1. The lowest BCUT2D eigenvalue weighted by atomic mass is 10.3. The SMILES string of the molecule is COc1ccc(Br)c(-n2c(N)nc3ccc(C)nc32)c1. The molecule has 0 fully saturated rings. The number of halogens is 1. The van der Waals surface area contributed by atoms with Crippen molar-refractivity contribution >= 4 is 33.0 Å². The summed E-state index contributed by atoms with van der Waals surface area (Å²) in [5.74, 6) is 1.14. The summed E-state index contributed by atoms with van der Waals surface area (Å²) < 4.78 is 7.98. The van der Waals surface area contributed by atoms with Gasteiger partial charge in [0, 0.05) is 16.2 Å². The van der Waals surface area contributed by atoms with E-state index in [1.165, 1.54) is 0 Å². The minimum atomic E-state index is 0.395. The molecule has 0 unspecified atom stereocenters. The molecule has 5 nitrogen and oxygen atoms in total. The molecule has 2 aromatic heterocycles. The zero-order valence-corrected chi connectivity index (χ0v) is 12.7. The average molecular weight is 333 g/mol. The Hall–Kier alpha value is -2.08. The molecule has 0 aliphatic carbocycles. The van der Waals surface area contributed by atoms with Crippen LogP contribution in [-0.4, -0.2) is 21.6 Å². The van der Waals surface area contributed by atoms with E-state index in [0.717, 1.165) is 32.8 Å². The number of ether oxygens (including phenoxy) is 1. The lowest BCUT2D eigenvalue weighted by molar-refractivity contribution is 0.414. The van der Waals surface area contributed by atoms with Gasteiger partial charge in [-0.05, 0) is 47.1 Å². The third-order valence-electron chi connectivity index (χ3n) is 3.06. The Morgan fingerprint density at radius 2 is 2.00 bits per heavy atom. The number of benzene rings is 1. The van der Waals surface area contributed by atoms with E-state index in [1.807, 2.05) is 41.8 Å². The Bertz CT molecular complexity index is 797. The van der Waals surface area contributed by atoms with Crippen LogP contribution in [0.25, 0.3) is 16.9 Å². The fourth-order valence-corrected chi connectivity index (χ4v) is 2.52. The summed E-state index contributed by atoms with van der Waals surface area (Å²) in [4.78, 5) is 8.87. The molecule has 0 aliphatic rings. The number of nitrogens with zero attached hydrogens (tertiary/aromatic N) is 3. The van der Waals surface area contributed by atoms with Crippen molar-refractivity contribution in [2.75, 3.05) is 12.8 Å². The van der Waals surface area contributed by atoms with Gasteiger partial charge >= 0.3 is 0 Å². The number of hydrogen-bond acceptors (Lipinski definition) is 4. The fraction of sp³-hybridized carbons (Fsp3) is 0.143. The van der Waals surface area contributed by atoms with Crippen molar-refractivity contribution in [3.63, 3.8) is 0 Å². The summed E-state index contributed by atoms with van der Waals surface area (Å²) in [5, 5.41) is 0. The molecule has 2 N–H and O–H groups in total. The molecule has 0 saturated carbocycles. The number of fused-ring (bicyclic) bond motifs is 1. The van der Waals surface area contributed by atoms with Gasteiger partial charge in [0.05, 0.1) is 12.8 Å². The molecular weight excluding hydrogens is 320 g/mol. The third kappa shape index (κ3) is 2.02. The van der Waals surface area contributed by atoms with E-state index in [9.17, 15) is 0 Å². The summed E-state index contributed by atoms with van der Waals surface area (Å²) >= 11 is 3.53. The van der Waals surface area contributed by atoms with Crippen LogP contribution in [0.4, 0.5) is 5.95 Å². The molecule has 3 aromatic rings. The van der Waals surface area contributed by atoms with Crippen molar-refractivity contribution in [2.24, 2.45) is 0 Å². The molecule has 0 saturated heterocycles. The molecule has 1 aromatic carbocycles. The van der Waals surface area contributed by atoms with Crippen LogP contribution in [0.3, 0.4) is 0 Å². The molecule has 6 heteroatoms. The highest BCUT2D eigenvalue weighted by atomic mass is 79.9. The number of anilines is 1. The van der Waals surface area contributed by atoms with E-state index in [1.54, 1.807) is 7.11 Å². The maximum absolute atomic E-state index is 6.05. The fourth-order valence-electron chi connectivity index (χ4n) is 2.10. The zero-order valence-electron chi connectivity index (χ0n) is 11.1. The molecule has 0 aliphatic heterocycles. The van der Waals surface area contributed by atoms with Crippen LogP contribution in [0.15, 0.2) is 34.8 Å². The van der Waals surface area contributed by atoms with E-state index in [2.05, 4.69) is 25.9 Å². The number of aryl methyl sites for hydroxylation is 1. The summed E-state index contributed by atoms with van der Waals surface area (Å²) in [5.41, 5.74) is 9.31. The van der Waals surface area contributed by atoms with Crippen LogP contribution >= 0.6 is 15.9 Å². The van der Waals surface area contributed by atoms with Crippen molar-refractivity contribution in [2.45, 2.75) is 6.92 Å². The Kier molecular flexibility index (Phi) is 3.10. The Balaban J connectivity index is 2.34. The summed E-state index contributed by atoms with van der Waals surface area (Å²) in [6.45, 7) is 1.94. The van der Waals surface area contributed by atoms with E-state index in [4.69, 9.17) is 10.5 Å². The number of aromatic nitrogens is 3. The maximum atomic E-state index is 6.05. The third-order valence-corrected chi connectivity index (χ3v) is 3.73. The lowest BCUT2D eigenvalue weighted by Gasteiger charge is -2.10. The van der Waals surface area contributed by atoms with Gasteiger partial charge in [-0.2, -0.15) is 0 Å². The smallest absolute Gasteiger partial charge is 0.207 e. The highest BCUT2D eigenvalue weighted by Gasteiger charge is 2.14. The highest BCUT2D eigenvalue weighted by Crippen LogP contribution is 2.30. The number of methoxy groups -OCH3 is 1. The second-order valence-electron chi connectivity index (χ2n) is 4.42. The topological polar surface area (TPSA) is 66.0 Å². The highest BCUT2D eigenvalue weighted by molar-refractivity contribution is 9.10. The number of nitrogens with two attached hydrogens (primary N) is 1. The van der Waals surface area contributed by atoms with Crippen LogP contribution in [0.1, 0.15) is 5.69 Å². The van der Waals surface area contributed by atoms with Gasteiger partial charge in [-0.15, -0.1) is 0 Å². The number of pyridine rings is 1. The molecule has 2 heterocycles. The van der Waals surface area contributed by atoms with Gasteiger partial charge in [0.15, 0.2) is 5.65 Å². The van der Waals surface area contributed by atoms with E-state index >= 15 is 0 Å². The van der Waals surface area contributed by atoms with Gasteiger partial charge < -0.3 is 10.5 Å². The first kappa shape index (κ1) is 12.9. The van der Waals surface area contributed by atoms with Gasteiger partial charge in [0.2, 0.25) is 5.95 Å². The number of rotatable bonds is 2. The molecule has 102 valence electrons. The minimum Gasteiger partial charge on any atom is -0.497 e. The molecule has 0 atom stereocenters. The Morgan fingerprint density at radius 3 is 2.75 bits per heavy atom. The summed E-state index contributed by atoms with van der Waals surface area (Å²) in [6, 6.07) is 9.51. The molecule has 0 spiro atoms. The van der Waals surface area contributed by atoms with Gasteiger partial charge in [-0.1, -0.05) is 0 Å². The summed E-state index contributed by atoms with van der Waals surface area (Å²) in [6.07, 6.45) is 0. The van der Waals surface area contributed by atoms with Crippen LogP contribution in [-0.2, 0) is 0 Å². The average Bonchev–Trinajstić information content (AvgIpc) is 2.75. The first-order valence-corrected chi connectivity index (χ1v) is 6.85. The van der Waals surface area contributed by atoms with Crippen LogP contribution < -0.4 is 10.5 Å². The van der Waals surface area contributed by atoms with Crippen LogP contribution in [0.5, 0.6) is 5.75 Å². The second kappa shape index (κ2) is 4.79. The van der Waals surface area contributed by atoms with Crippen LogP contribution in [0, 0.1) is 6.92 Å². The zero-order chi connectivity index (χ0) is 14.3. The molecule has 0 bridgehead atoms. The molecule has 3 rings (SSSR count). The minimum absolute atomic E-state index is 0.395. The molecule has 0 amide bonds. The predicted octanol–water partition coefficient (Wildman–Crippen LogP) is 3.08. The van der Waals surface area contributed by atoms with E-state index < -0.39 is 0 Å². The summed E-state index contributed by atoms with van der Waals surface area (Å²) in [7, 11) is 1.63. The lowest BCUT2D eigenvalue weighted by Crippen LogP contribution is -2.03. The number of imidazole rings is 1. The van der Waals surface area contributed by atoms with Gasteiger partial charge in [-0.3, -0.25) is 4.57 Å². The van der Waals surface area contributed by atoms with Gasteiger partial charge in [0.1, 0.15) is 11.3 Å². The largest absolute Gasteiger partial charge is 0.497 e. The monoisotopic (exact) mass is 332 g/mol. The molecule has 0 radical (unpaired) electrons. The van der Waals surface area contributed by atoms with Crippen LogP contribution in [0.2, 0.25) is 0 Å². The van der Waals surface area contributed by atoms with Gasteiger partial charge in [-0.25, -0.2) is 9.97 Å². The number of nitrogen functional groups attached to an aromatic ring is 1. The Morgan fingerprint density at radius 1 is 1.20 bits per heavy atom.